The third-order valence-corrected chi connectivity index (χ3v) is 7.12. The Morgan fingerprint density at radius 2 is 1.59 bits per heavy atom. The first kappa shape index (κ1) is 24.7. The fourth-order valence-electron chi connectivity index (χ4n) is 5.17. The van der Waals surface area contributed by atoms with Crippen molar-refractivity contribution in [1.82, 2.24) is 10.2 Å². The van der Waals surface area contributed by atoms with Crippen LogP contribution in [0.25, 0.3) is 10.8 Å². The topological polar surface area (TPSA) is 61.4 Å². The minimum absolute atomic E-state index is 0.0212. The summed E-state index contributed by atoms with van der Waals surface area (Å²) in [5.41, 5.74) is 3.52. The third kappa shape index (κ3) is 6.25. The lowest BCUT2D eigenvalue weighted by molar-refractivity contribution is -0.121. The predicted octanol–water partition coefficient (Wildman–Crippen LogP) is 5.66. The number of hydrogen-bond donors (Lipinski definition) is 2. The van der Waals surface area contributed by atoms with E-state index in [4.69, 9.17) is 0 Å². The van der Waals surface area contributed by atoms with Crippen LogP contribution >= 0.6 is 0 Å². The van der Waals surface area contributed by atoms with E-state index in [1.807, 2.05) is 42.5 Å². The maximum Gasteiger partial charge on any atom is 0.253 e. The van der Waals surface area contributed by atoms with Gasteiger partial charge >= 0.3 is 0 Å². The molecule has 1 aliphatic rings. The highest BCUT2D eigenvalue weighted by atomic mass is 16.2. The number of piperidine rings is 1. The average molecular weight is 492 g/mol. The summed E-state index contributed by atoms with van der Waals surface area (Å²) in [4.78, 5) is 28.6. The maximum atomic E-state index is 13.3. The maximum absolute atomic E-state index is 13.3. The molecule has 37 heavy (non-hydrogen) atoms. The number of likely N-dealkylation sites (tertiary alicyclic amines) is 1. The molecule has 0 aliphatic carbocycles. The SMILES string of the molecule is O=C(NCCc1ccccc1)c1ccccc1NC(=O)C1CCCN(Cc2cccc3ccccc23)C1. The molecule has 5 heteroatoms. The molecular formula is C32H33N3O2. The summed E-state index contributed by atoms with van der Waals surface area (Å²) in [6.07, 6.45) is 2.59. The summed E-state index contributed by atoms with van der Waals surface area (Å²) in [6.45, 7) is 3.05. The number of carbonyl (C=O) groups excluding carboxylic acids is 2. The second-order valence-corrected chi connectivity index (χ2v) is 9.74. The Morgan fingerprint density at radius 1 is 0.838 bits per heavy atom. The lowest BCUT2D eigenvalue weighted by Crippen LogP contribution is -2.40. The Hall–Kier alpha value is -3.96. The zero-order valence-corrected chi connectivity index (χ0v) is 21.0. The van der Waals surface area contributed by atoms with E-state index in [0.29, 0.717) is 24.3 Å². The van der Waals surface area contributed by atoms with Crippen LogP contribution in [0.4, 0.5) is 5.69 Å². The number of nitrogens with zero attached hydrogens (tertiary/aromatic N) is 1. The van der Waals surface area contributed by atoms with E-state index in [2.05, 4.69) is 58.0 Å². The van der Waals surface area contributed by atoms with E-state index in [1.54, 1.807) is 12.1 Å². The van der Waals surface area contributed by atoms with Crippen LogP contribution in [0.1, 0.15) is 34.3 Å². The van der Waals surface area contributed by atoms with Gasteiger partial charge in [-0.3, -0.25) is 14.5 Å². The minimum Gasteiger partial charge on any atom is -0.352 e. The van der Waals surface area contributed by atoms with Gasteiger partial charge in [0.2, 0.25) is 5.91 Å². The summed E-state index contributed by atoms with van der Waals surface area (Å²) >= 11 is 0. The molecule has 1 atom stereocenters. The monoisotopic (exact) mass is 491 g/mol. The van der Waals surface area contributed by atoms with E-state index in [0.717, 1.165) is 32.4 Å². The highest BCUT2D eigenvalue weighted by Crippen LogP contribution is 2.25. The summed E-state index contributed by atoms with van der Waals surface area (Å²) in [6, 6.07) is 32.2. The van der Waals surface area contributed by atoms with Gasteiger partial charge < -0.3 is 10.6 Å². The fraction of sp³-hybridized carbons (Fsp3) is 0.250. The van der Waals surface area contributed by atoms with Gasteiger partial charge in [-0.1, -0.05) is 84.9 Å². The Balaban J connectivity index is 1.20. The van der Waals surface area contributed by atoms with E-state index in [9.17, 15) is 9.59 Å². The average Bonchev–Trinajstić information content (AvgIpc) is 2.94. The van der Waals surface area contributed by atoms with Gasteiger partial charge in [-0.2, -0.15) is 0 Å². The van der Waals surface area contributed by atoms with Crippen molar-refractivity contribution < 1.29 is 9.59 Å². The van der Waals surface area contributed by atoms with Gasteiger partial charge in [0, 0.05) is 19.6 Å². The highest BCUT2D eigenvalue weighted by Gasteiger charge is 2.27. The number of benzene rings is 4. The van der Waals surface area contributed by atoms with Crippen molar-refractivity contribution >= 4 is 28.3 Å². The van der Waals surface area contributed by atoms with Crippen LogP contribution in [0.5, 0.6) is 0 Å². The summed E-state index contributed by atoms with van der Waals surface area (Å²) in [5.74, 6) is -0.307. The second-order valence-electron chi connectivity index (χ2n) is 9.74. The molecule has 5 nitrogen and oxygen atoms in total. The normalized spacial score (nSPS) is 15.8. The Morgan fingerprint density at radius 3 is 2.49 bits per heavy atom. The lowest BCUT2D eigenvalue weighted by Gasteiger charge is -2.32. The highest BCUT2D eigenvalue weighted by molar-refractivity contribution is 6.04. The molecular weight excluding hydrogens is 458 g/mol. The lowest BCUT2D eigenvalue weighted by atomic mass is 9.95. The molecule has 1 saturated heterocycles. The number of para-hydroxylation sites is 1. The largest absolute Gasteiger partial charge is 0.352 e. The van der Waals surface area contributed by atoms with Gasteiger partial charge in [-0.15, -0.1) is 0 Å². The summed E-state index contributed by atoms with van der Waals surface area (Å²) < 4.78 is 0. The molecule has 1 fully saturated rings. The van der Waals surface area contributed by atoms with E-state index < -0.39 is 0 Å². The first-order chi connectivity index (χ1) is 18.2. The Labute approximate surface area is 218 Å². The number of nitrogens with one attached hydrogen (secondary N) is 2. The number of rotatable bonds is 8. The smallest absolute Gasteiger partial charge is 0.253 e. The number of amides is 2. The zero-order valence-electron chi connectivity index (χ0n) is 21.0. The molecule has 2 amide bonds. The van der Waals surface area contributed by atoms with E-state index >= 15 is 0 Å². The number of fused-ring (bicyclic) bond motifs is 1. The van der Waals surface area contributed by atoms with Crippen molar-refractivity contribution in [3.05, 3.63) is 114 Å². The van der Waals surface area contributed by atoms with Crippen LogP contribution in [0, 0.1) is 5.92 Å². The number of anilines is 1. The molecule has 188 valence electrons. The van der Waals surface area contributed by atoms with Crippen LogP contribution in [0.15, 0.2) is 97.1 Å². The summed E-state index contributed by atoms with van der Waals surface area (Å²) in [7, 11) is 0. The van der Waals surface area contributed by atoms with Gasteiger partial charge in [-0.05, 0) is 59.8 Å². The Bertz CT molecular complexity index is 1360. The molecule has 0 aromatic heterocycles. The van der Waals surface area contributed by atoms with Crippen molar-refractivity contribution in [2.24, 2.45) is 5.92 Å². The number of hydrogen-bond acceptors (Lipinski definition) is 3. The van der Waals surface area contributed by atoms with Crippen LogP contribution in [-0.2, 0) is 17.8 Å². The molecule has 1 heterocycles. The van der Waals surface area contributed by atoms with Gasteiger partial charge in [0.15, 0.2) is 0 Å². The van der Waals surface area contributed by atoms with Gasteiger partial charge in [0.05, 0.1) is 17.2 Å². The number of carbonyl (C=O) groups is 2. The standard InChI is InChI=1S/C32H33N3O2/c36-31(27-15-9-21-35(23-27)22-26-14-8-13-25-12-4-5-16-28(25)26)34-30-18-7-6-17-29(30)32(37)33-20-19-24-10-2-1-3-11-24/h1-8,10-14,16-18,27H,9,15,19-23H2,(H,33,37)(H,34,36). The minimum atomic E-state index is -0.173. The molecule has 0 radical (unpaired) electrons. The molecule has 1 unspecified atom stereocenters. The molecule has 1 aliphatic heterocycles. The van der Waals surface area contributed by atoms with Crippen molar-refractivity contribution in [3.63, 3.8) is 0 Å². The van der Waals surface area contributed by atoms with Crippen molar-refractivity contribution in [3.8, 4) is 0 Å². The predicted molar refractivity (Wildman–Crippen MR) is 149 cm³/mol. The van der Waals surface area contributed by atoms with E-state index in [-0.39, 0.29) is 17.7 Å². The van der Waals surface area contributed by atoms with Crippen LogP contribution in [0.2, 0.25) is 0 Å². The van der Waals surface area contributed by atoms with Crippen molar-refractivity contribution in [1.29, 1.82) is 0 Å². The summed E-state index contributed by atoms with van der Waals surface area (Å²) in [5, 5.41) is 8.56. The van der Waals surface area contributed by atoms with Crippen LogP contribution < -0.4 is 10.6 Å². The molecule has 4 aromatic carbocycles. The zero-order chi connectivity index (χ0) is 25.5. The van der Waals surface area contributed by atoms with Gasteiger partial charge in [-0.25, -0.2) is 0 Å². The van der Waals surface area contributed by atoms with Crippen LogP contribution in [0.3, 0.4) is 0 Å². The van der Waals surface area contributed by atoms with Crippen LogP contribution in [-0.4, -0.2) is 36.3 Å². The quantitative estimate of drug-likeness (QED) is 0.334. The molecule has 4 aromatic rings. The third-order valence-electron chi connectivity index (χ3n) is 7.12. The first-order valence-electron chi connectivity index (χ1n) is 13.1. The molecule has 0 bridgehead atoms. The molecule has 2 N–H and O–H groups in total. The first-order valence-corrected chi connectivity index (χ1v) is 13.1. The molecule has 0 saturated carbocycles. The fourth-order valence-corrected chi connectivity index (χ4v) is 5.17. The van der Waals surface area contributed by atoms with Crippen molar-refractivity contribution in [2.45, 2.75) is 25.8 Å². The second kappa shape index (κ2) is 11.8. The van der Waals surface area contributed by atoms with Gasteiger partial charge in [0.25, 0.3) is 5.91 Å². The molecule has 0 spiro atoms. The van der Waals surface area contributed by atoms with E-state index in [1.165, 1.54) is 21.9 Å². The van der Waals surface area contributed by atoms with Gasteiger partial charge in [0.1, 0.15) is 0 Å². The Kier molecular flexibility index (Phi) is 7.92. The van der Waals surface area contributed by atoms with Crippen molar-refractivity contribution in [2.75, 3.05) is 25.0 Å². The molecule has 5 rings (SSSR count).